The molecule has 0 aliphatic heterocycles. The Labute approximate surface area is 165 Å². The third-order valence-electron chi connectivity index (χ3n) is 3.88. The van der Waals surface area contributed by atoms with Gasteiger partial charge >= 0.3 is 0 Å². The molecule has 3 aromatic rings. The monoisotopic (exact) mass is 415 g/mol. The van der Waals surface area contributed by atoms with Crippen molar-refractivity contribution in [3.05, 3.63) is 94.3 Å². The summed E-state index contributed by atoms with van der Waals surface area (Å²) in [7, 11) is -4.06. The van der Waals surface area contributed by atoms with Crippen molar-refractivity contribution in [1.29, 1.82) is 0 Å². The number of amides is 1. The average molecular weight is 415 g/mol. The molecule has 2 N–H and O–H groups in total. The van der Waals surface area contributed by atoms with Gasteiger partial charge in [-0.2, -0.15) is 0 Å². The van der Waals surface area contributed by atoms with Crippen LogP contribution in [0.4, 0.5) is 21.5 Å². The number of non-ortho nitro benzene ring substituents is 1. The highest BCUT2D eigenvalue weighted by molar-refractivity contribution is 7.92. The molecular weight excluding hydrogens is 401 g/mol. The Kier molecular flexibility index (Phi) is 5.55. The van der Waals surface area contributed by atoms with Crippen LogP contribution in [-0.4, -0.2) is 19.2 Å². The van der Waals surface area contributed by atoms with E-state index < -0.39 is 26.7 Å². The molecule has 3 aromatic carbocycles. The first kappa shape index (κ1) is 20.0. The number of hydrogen-bond donors (Lipinski definition) is 2. The molecule has 0 aliphatic carbocycles. The van der Waals surface area contributed by atoms with Gasteiger partial charge in [-0.05, 0) is 48.5 Å². The summed E-state index contributed by atoms with van der Waals surface area (Å²) in [6.45, 7) is 0. The molecule has 29 heavy (non-hydrogen) atoms. The Balaban J connectivity index is 1.83. The normalized spacial score (nSPS) is 10.9. The van der Waals surface area contributed by atoms with E-state index in [0.29, 0.717) is 0 Å². The summed E-state index contributed by atoms with van der Waals surface area (Å²) in [4.78, 5) is 22.2. The quantitative estimate of drug-likeness (QED) is 0.469. The summed E-state index contributed by atoms with van der Waals surface area (Å²) in [5, 5.41) is 13.3. The molecule has 0 aliphatic rings. The van der Waals surface area contributed by atoms with Crippen molar-refractivity contribution < 1.29 is 22.5 Å². The van der Waals surface area contributed by atoms with Gasteiger partial charge in [-0.3, -0.25) is 19.6 Å². The SMILES string of the molecule is O=C(Nc1ccccc1NS(=O)(=O)c1ccc([N+](=O)[O-])cc1)c1ccc(F)cc1. The van der Waals surface area contributed by atoms with E-state index in [1.807, 2.05) is 0 Å². The van der Waals surface area contributed by atoms with Crippen molar-refractivity contribution in [3.63, 3.8) is 0 Å². The Bertz CT molecular complexity index is 1160. The number of nitrogens with zero attached hydrogens (tertiary/aromatic N) is 1. The van der Waals surface area contributed by atoms with Crippen molar-refractivity contribution in [3.8, 4) is 0 Å². The molecule has 0 heterocycles. The minimum Gasteiger partial charge on any atom is -0.320 e. The minimum absolute atomic E-state index is 0.0984. The van der Waals surface area contributed by atoms with Gasteiger partial charge in [-0.1, -0.05) is 12.1 Å². The van der Waals surface area contributed by atoms with Gasteiger partial charge in [0.25, 0.3) is 21.6 Å². The van der Waals surface area contributed by atoms with Crippen molar-refractivity contribution in [2.45, 2.75) is 4.90 Å². The number of hydrogen-bond acceptors (Lipinski definition) is 5. The summed E-state index contributed by atoms with van der Waals surface area (Å²) in [5.74, 6) is -1.04. The molecule has 0 fully saturated rings. The summed E-state index contributed by atoms with van der Waals surface area (Å²) in [6, 6.07) is 15.4. The topological polar surface area (TPSA) is 118 Å². The number of para-hydroxylation sites is 2. The zero-order chi connectivity index (χ0) is 21.0. The molecule has 0 bridgehead atoms. The second-order valence-corrected chi connectivity index (χ2v) is 7.55. The van der Waals surface area contributed by atoms with Crippen molar-refractivity contribution in [2.75, 3.05) is 10.0 Å². The van der Waals surface area contributed by atoms with Crippen molar-refractivity contribution >= 4 is 33.0 Å². The lowest BCUT2D eigenvalue weighted by Crippen LogP contribution is -2.17. The molecule has 0 aromatic heterocycles. The van der Waals surface area contributed by atoms with Gasteiger partial charge in [0.15, 0.2) is 0 Å². The Hall–Kier alpha value is -3.79. The second kappa shape index (κ2) is 8.07. The Morgan fingerprint density at radius 2 is 1.48 bits per heavy atom. The first-order valence-corrected chi connectivity index (χ1v) is 9.68. The second-order valence-electron chi connectivity index (χ2n) is 5.86. The summed E-state index contributed by atoms with van der Waals surface area (Å²) >= 11 is 0. The largest absolute Gasteiger partial charge is 0.320 e. The van der Waals surface area contributed by atoms with Gasteiger partial charge < -0.3 is 5.32 Å². The number of halogens is 1. The molecule has 0 radical (unpaired) electrons. The molecule has 0 saturated heterocycles. The van der Waals surface area contributed by atoms with Gasteiger partial charge in [0, 0.05) is 17.7 Å². The molecule has 3 rings (SSSR count). The maximum absolute atomic E-state index is 13.0. The van der Waals surface area contributed by atoms with E-state index in [4.69, 9.17) is 0 Å². The van der Waals surface area contributed by atoms with E-state index in [1.165, 1.54) is 24.3 Å². The van der Waals surface area contributed by atoms with Gasteiger partial charge in [0.1, 0.15) is 5.82 Å². The molecule has 148 valence electrons. The zero-order valence-electron chi connectivity index (χ0n) is 14.7. The summed E-state index contributed by atoms with van der Waals surface area (Å²) in [6.07, 6.45) is 0. The average Bonchev–Trinajstić information content (AvgIpc) is 2.70. The number of sulfonamides is 1. The smallest absolute Gasteiger partial charge is 0.269 e. The molecule has 0 unspecified atom stereocenters. The molecular formula is C19H14FN3O5S. The number of nitro benzene ring substituents is 1. The van der Waals surface area contributed by atoms with Crippen LogP contribution < -0.4 is 10.0 Å². The Morgan fingerprint density at radius 1 is 0.897 bits per heavy atom. The van der Waals surface area contributed by atoms with Crippen molar-refractivity contribution in [2.24, 2.45) is 0 Å². The zero-order valence-corrected chi connectivity index (χ0v) is 15.5. The van der Waals surface area contributed by atoms with Crippen LogP contribution in [0.25, 0.3) is 0 Å². The van der Waals surface area contributed by atoms with E-state index in [9.17, 15) is 27.7 Å². The third-order valence-corrected chi connectivity index (χ3v) is 5.27. The number of anilines is 2. The van der Waals surface area contributed by atoms with Crippen LogP contribution in [0.15, 0.2) is 77.7 Å². The highest BCUT2D eigenvalue weighted by Crippen LogP contribution is 2.26. The lowest BCUT2D eigenvalue weighted by atomic mass is 10.2. The van der Waals surface area contributed by atoms with Crippen LogP contribution in [-0.2, 0) is 10.0 Å². The maximum Gasteiger partial charge on any atom is 0.269 e. The summed E-state index contributed by atoms with van der Waals surface area (Å²) < 4.78 is 40.5. The van der Waals surface area contributed by atoms with E-state index in [1.54, 1.807) is 12.1 Å². The number of nitrogens with one attached hydrogen (secondary N) is 2. The lowest BCUT2D eigenvalue weighted by molar-refractivity contribution is -0.384. The molecule has 0 atom stereocenters. The molecule has 8 nitrogen and oxygen atoms in total. The highest BCUT2D eigenvalue weighted by atomic mass is 32.2. The van der Waals surface area contributed by atoms with E-state index in [-0.39, 0.29) is 27.5 Å². The fraction of sp³-hybridized carbons (Fsp3) is 0. The number of benzene rings is 3. The third kappa shape index (κ3) is 4.74. The summed E-state index contributed by atoms with van der Waals surface area (Å²) in [5.41, 5.74) is 0.240. The van der Waals surface area contributed by atoms with Crippen LogP contribution in [0.5, 0.6) is 0 Å². The number of carbonyl (C=O) groups is 1. The van der Waals surface area contributed by atoms with Crippen LogP contribution in [0.3, 0.4) is 0 Å². The van der Waals surface area contributed by atoms with E-state index in [0.717, 1.165) is 36.4 Å². The molecule has 10 heteroatoms. The van der Waals surface area contributed by atoms with E-state index >= 15 is 0 Å². The van der Waals surface area contributed by atoms with Crippen molar-refractivity contribution in [1.82, 2.24) is 0 Å². The van der Waals surface area contributed by atoms with Gasteiger partial charge in [-0.25, -0.2) is 12.8 Å². The lowest BCUT2D eigenvalue weighted by Gasteiger charge is -2.13. The fourth-order valence-corrected chi connectivity index (χ4v) is 3.51. The predicted octanol–water partition coefficient (Wildman–Crippen LogP) is 3.79. The maximum atomic E-state index is 13.0. The van der Waals surface area contributed by atoms with Gasteiger partial charge in [0.2, 0.25) is 0 Å². The number of nitro groups is 1. The first-order valence-electron chi connectivity index (χ1n) is 8.19. The molecule has 1 amide bonds. The minimum atomic E-state index is -4.06. The Morgan fingerprint density at radius 3 is 2.07 bits per heavy atom. The van der Waals surface area contributed by atoms with E-state index in [2.05, 4.69) is 10.0 Å². The highest BCUT2D eigenvalue weighted by Gasteiger charge is 2.18. The predicted molar refractivity (Wildman–Crippen MR) is 105 cm³/mol. The van der Waals surface area contributed by atoms with Crippen LogP contribution >= 0.6 is 0 Å². The number of carbonyl (C=O) groups excluding carboxylic acids is 1. The van der Waals surface area contributed by atoms with Gasteiger partial charge in [-0.15, -0.1) is 0 Å². The first-order chi connectivity index (χ1) is 13.8. The number of rotatable bonds is 6. The fourth-order valence-electron chi connectivity index (χ4n) is 2.43. The molecule has 0 spiro atoms. The van der Waals surface area contributed by atoms with Crippen LogP contribution in [0, 0.1) is 15.9 Å². The van der Waals surface area contributed by atoms with Crippen LogP contribution in [0.1, 0.15) is 10.4 Å². The standard InChI is InChI=1S/C19H14FN3O5S/c20-14-7-5-13(6-8-14)19(24)21-17-3-1-2-4-18(17)22-29(27,28)16-11-9-15(10-12-16)23(25)26/h1-12,22H,(H,21,24). The van der Waals surface area contributed by atoms with Crippen LogP contribution in [0.2, 0.25) is 0 Å². The molecule has 0 saturated carbocycles. The van der Waals surface area contributed by atoms with Gasteiger partial charge in [0.05, 0.1) is 21.2 Å².